The molecule has 0 bridgehead atoms. The topological polar surface area (TPSA) is 78.4 Å². The van der Waals surface area contributed by atoms with Crippen molar-refractivity contribution < 1.29 is 14.7 Å². The summed E-state index contributed by atoms with van der Waals surface area (Å²) in [7, 11) is 0. The minimum Gasteiger partial charge on any atom is -0.391 e. The predicted octanol–water partition coefficient (Wildman–Crippen LogP) is 1.95. The molecule has 0 aliphatic heterocycles. The van der Waals surface area contributed by atoms with Crippen molar-refractivity contribution in [3.05, 3.63) is 34.9 Å². The van der Waals surface area contributed by atoms with Gasteiger partial charge in [0.1, 0.15) is 0 Å². The molecule has 1 unspecified atom stereocenters. The summed E-state index contributed by atoms with van der Waals surface area (Å²) in [5.74, 6) is -0.392. The third-order valence-corrected chi connectivity index (χ3v) is 4.28. The molecule has 2 amide bonds. The van der Waals surface area contributed by atoms with E-state index >= 15 is 0 Å². The largest absolute Gasteiger partial charge is 0.391 e. The van der Waals surface area contributed by atoms with Crippen LogP contribution in [0.25, 0.3) is 0 Å². The molecule has 1 aromatic rings. The molecule has 0 saturated carbocycles. The predicted molar refractivity (Wildman–Crippen MR) is 91.3 cm³/mol. The van der Waals surface area contributed by atoms with Crippen LogP contribution in [0.1, 0.15) is 48.2 Å². The summed E-state index contributed by atoms with van der Waals surface area (Å²) in [5.41, 5.74) is 2.70. The van der Waals surface area contributed by atoms with Crippen molar-refractivity contribution >= 4 is 11.8 Å². The average molecular weight is 320 g/mol. The molecule has 0 spiro atoms. The van der Waals surface area contributed by atoms with E-state index in [9.17, 15) is 14.7 Å². The maximum Gasteiger partial charge on any atom is 0.251 e. The van der Waals surface area contributed by atoms with Crippen molar-refractivity contribution in [1.82, 2.24) is 10.6 Å². The summed E-state index contributed by atoms with van der Waals surface area (Å²) in [5, 5.41) is 15.2. The molecule has 1 rings (SSSR count). The third-order valence-electron chi connectivity index (χ3n) is 4.28. The molecular weight excluding hydrogens is 292 g/mol. The van der Waals surface area contributed by atoms with Crippen LogP contribution in [-0.4, -0.2) is 36.1 Å². The SMILES string of the molecule is CCC(CC)C(O)CNC(=O)CNC(=O)c1ccc(C)c(C)c1. The molecule has 0 radical (unpaired) electrons. The third kappa shape index (κ3) is 6.02. The number of carbonyl (C=O) groups is 2. The molecule has 128 valence electrons. The zero-order valence-electron chi connectivity index (χ0n) is 14.5. The maximum absolute atomic E-state index is 12.0. The second-order valence-corrected chi connectivity index (χ2v) is 5.93. The molecule has 0 aliphatic carbocycles. The van der Waals surface area contributed by atoms with E-state index in [0.29, 0.717) is 5.56 Å². The number of carbonyl (C=O) groups excluding carboxylic acids is 2. The number of benzene rings is 1. The van der Waals surface area contributed by atoms with Gasteiger partial charge in [-0.15, -0.1) is 0 Å². The molecule has 1 atom stereocenters. The molecule has 5 heteroatoms. The average Bonchev–Trinajstić information content (AvgIpc) is 2.54. The van der Waals surface area contributed by atoms with E-state index < -0.39 is 6.10 Å². The lowest BCUT2D eigenvalue weighted by Crippen LogP contribution is -2.41. The molecule has 3 N–H and O–H groups in total. The van der Waals surface area contributed by atoms with Crippen molar-refractivity contribution in [2.75, 3.05) is 13.1 Å². The van der Waals surface area contributed by atoms with Gasteiger partial charge in [-0.25, -0.2) is 0 Å². The highest BCUT2D eigenvalue weighted by Gasteiger charge is 2.16. The summed E-state index contributed by atoms with van der Waals surface area (Å²) in [6.45, 7) is 8.08. The van der Waals surface area contributed by atoms with Crippen LogP contribution in [0, 0.1) is 19.8 Å². The lowest BCUT2D eigenvalue weighted by Gasteiger charge is -2.20. The molecule has 0 saturated heterocycles. The zero-order valence-corrected chi connectivity index (χ0v) is 14.5. The van der Waals surface area contributed by atoms with E-state index in [1.807, 2.05) is 33.8 Å². The highest BCUT2D eigenvalue weighted by Crippen LogP contribution is 2.12. The van der Waals surface area contributed by atoms with Gasteiger partial charge in [-0.3, -0.25) is 9.59 Å². The fourth-order valence-corrected chi connectivity index (χ4v) is 2.43. The molecule has 0 aromatic heterocycles. The lowest BCUT2D eigenvalue weighted by atomic mass is 9.96. The van der Waals surface area contributed by atoms with Crippen LogP contribution in [0.5, 0.6) is 0 Å². The molecular formula is C18H28N2O3. The number of aryl methyl sites for hydroxylation is 2. The number of aliphatic hydroxyl groups is 1. The first kappa shape index (κ1) is 19.2. The first-order valence-corrected chi connectivity index (χ1v) is 8.19. The highest BCUT2D eigenvalue weighted by molar-refractivity contribution is 5.96. The van der Waals surface area contributed by atoms with E-state index in [2.05, 4.69) is 10.6 Å². The second-order valence-electron chi connectivity index (χ2n) is 5.93. The molecule has 1 aromatic carbocycles. The van der Waals surface area contributed by atoms with Gasteiger partial charge in [0.2, 0.25) is 5.91 Å². The number of hydrogen-bond donors (Lipinski definition) is 3. The van der Waals surface area contributed by atoms with Crippen molar-refractivity contribution in [3.8, 4) is 0 Å². The summed E-state index contributed by atoms with van der Waals surface area (Å²) < 4.78 is 0. The molecule has 0 heterocycles. The Hall–Kier alpha value is -1.88. The van der Waals surface area contributed by atoms with Gasteiger partial charge in [0.25, 0.3) is 5.91 Å². The summed E-state index contributed by atoms with van der Waals surface area (Å²) in [6, 6.07) is 5.43. The van der Waals surface area contributed by atoms with Crippen molar-refractivity contribution in [1.29, 1.82) is 0 Å². The van der Waals surface area contributed by atoms with Gasteiger partial charge in [-0.05, 0) is 43.0 Å². The Balaban J connectivity index is 2.40. The quantitative estimate of drug-likeness (QED) is 0.685. The first-order chi connectivity index (χ1) is 10.9. The van der Waals surface area contributed by atoms with Gasteiger partial charge in [0, 0.05) is 12.1 Å². The van der Waals surface area contributed by atoms with Crippen LogP contribution in [0.2, 0.25) is 0 Å². The van der Waals surface area contributed by atoms with E-state index in [1.165, 1.54) is 0 Å². The van der Waals surface area contributed by atoms with Crippen LogP contribution < -0.4 is 10.6 Å². The number of nitrogens with one attached hydrogen (secondary N) is 2. The van der Waals surface area contributed by atoms with Gasteiger partial charge in [-0.2, -0.15) is 0 Å². The van der Waals surface area contributed by atoms with E-state index in [1.54, 1.807) is 12.1 Å². The second kappa shape index (κ2) is 9.30. The van der Waals surface area contributed by atoms with Crippen LogP contribution in [0.4, 0.5) is 0 Å². The molecule has 0 aliphatic rings. The monoisotopic (exact) mass is 320 g/mol. The van der Waals surface area contributed by atoms with Crippen molar-refractivity contribution in [2.45, 2.75) is 46.6 Å². The minimum absolute atomic E-state index is 0.0958. The smallest absolute Gasteiger partial charge is 0.251 e. The summed E-state index contributed by atoms with van der Waals surface area (Å²) >= 11 is 0. The van der Waals surface area contributed by atoms with Crippen molar-refractivity contribution in [2.24, 2.45) is 5.92 Å². The minimum atomic E-state index is -0.551. The van der Waals surface area contributed by atoms with E-state index in [-0.39, 0.29) is 30.8 Å². The highest BCUT2D eigenvalue weighted by atomic mass is 16.3. The fraction of sp³-hybridized carbons (Fsp3) is 0.556. The van der Waals surface area contributed by atoms with Crippen LogP contribution in [0.15, 0.2) is 18.2 Å². The van der Waals surface area contributed by atoms with E-state index in [0.717, 1.165) is 24.0 Å². The maximum atomic E-state index is 12.0. The Morgan fingerprint density at radius 3 is 2.30 bits per heavy atom. The van der Waals surface area contributed by atoms with Crippen LogP contribution >= 0.6 is 0 Å². The lowest BCUT2D eigenvalue weighted by molar-refractivity contribution is -0.120. The van der Waals surface area contributed by atoms with Crippen LogP contribution in [-0.2, 0) is 4.79 Å². The van der Waals surface area contributed by atoms with Gasteiger partial charge in [0.15, 0.2) is 0 Å². The zero-order chi connectivity index (χ0) is 17.4. The Morgan fingerprint density at radius 1 is 1.09 bits per heavy atom. The standard InChI is InChI=1S/C18H28N2O3/c1-5-14(6-2)16(21)10-19-17(22)11-20-18(23)15-8-7-12(3)13(4)9-15/h7-9,14,16,21H,5-6,10-11H2,1-4H3,(H,19,22)(H,20,23). The van der Waals surface area contributed by atoms with Gasteiger partial charge >= 0.3 is 0 Å². The number of rotatable bonds is 8. The first-order valence-electron chi connectivity index (χ1n) is 8.19. The van der Waals surface area contributed by atoms with Crippen LogP contribution in [0.3, 0.4) is 0 Å². The van der Waals surface area contributed by atoms with Gasteiger partial charge in [0.05, 0.1) is 12.6 Å². The molecule has 0 fully saturated rings. The number of aliphatic hydroxyl groups excluding tert-OH is 1. The number of hydrogen-bond acceptors (Lipinski definition) is 3. The Labute approximate surface area is 138 Å². The number of amides is 2. The van der Waals surface area contributed by atoms with Gasteiger partial charge in [-0.1, -0.05) is 32.8 Å². The Bertz CT molecular complexity index is 539. The Morgan fingerprint density at radius 2 is 1.74 bits per heavy atom. The summed E-state index contributed by atoms with van der Waals surface area (Å²) in [4.78, 5) is 23.8. The van der Waals surface area contributed by atoms with Gasteiger partial charge < -0.3 is 15.7 Å². The fourth-order valence-electron chi connectivity index (χ4n) is 2.43. The molecule has 23 heavy (non-hydrogen) atoms. The Kier molecular flexibility index (Phi) is 7.75. The summed E-state index contributed by atoms with van der Waals surface area (Å²) in [6.07, 6.45) is 1.19. The van der Waals surface area contributed by atoms with E-state index in [4.69, 9.17) is 0 Å². The normalized spacial score (nSPS) is 12.1. The van der Waals surface area contributed by atoms with Crippen molar-refractivity contribution in [3.63, 3.8) is 0 Å². The molecule has 5 nitrogen and oxygen atoms in total.